The Labute approximate surface area is 179 Å². The number of carbonyl (C=O) groups is 2. The van der Waals surface area contributed by atoms with Crippen molar-refractivity contribution in [2.45, 2.75) is 44.0 Å². The Morgan fingerprint density at radius 3 is 2.55 bits per heavy atom. The van der Waals surface area contributed by atoms with Crippen LogP contribution in [-0.2, 0) is 31.9 Å². The first-order chi connectivity index (χ1) is 14.7. The van der Waals surface area contributed by atoms with Crippen LogP contribution in [0.2, 0.25) is 0 Å². The molecule has 0 radical (unpaired) electrons. The lowest BCUT2D eigenvalue weighted by atomic mass is 9.82. The molecule has 0 saturated carbocycles. The second-order valence-corrected chi connectivity index (χ2v) is 8.34. The van der Waals surface area contributed by atoms with Crippen LogP contribution in [0.5, 0.6) is 5.75 Å². The van der Waals surface area contributed by atoms with Gasteiger partial charge in [0.1, 0.15) is 11.4 Å². The molecule has 4 rings (SSSR count). The van der Waals surface area contributed by atoms with Gasteiger partial charge in [0.05, 0.1) is 18.8 Å². The van der Waals surface area contributed by atoms with Crippen molar-refractivity contribution in [3.05, 3.63) is 71.0 Å². The number of aliphatic hydroxyl groups is 2. The molecule has 31 heavy (non-hydrogen) atoms. The molecule has 2 aliphatic heterocycles. The van der Waals surface area contributed by atoms with Crippen molar-refractivity contribution in [2.75, 3.05) is 7.11 Å². The van der Waals surface area contributed by atoms with Gasteiger partial charge in [-0.05, 0) is 36.6 Å². The van der Waals surface area contributed by atoms with E-state index in [2.05, 4.69) is 0 Å². The van der Waals surface area contributed by atoms with E-state index in [1.165, 1.54) is 7.11 Å². The molecule has 1 unspecified atom stereocenters. The highest BCUT2D eigenvalue weighted by Gasteiger charge is 2.55. The summed E-state index contributed by atoms with van der Waals surface area (Å²) in [6.07, 6.45) is -0.363. The minimum Gasteiger partial charge on any atom is -0.502 e. The van der Waals surface area contributed by atoms with Crippen molar-refractivity contribution in [1.82, 2.24) is 0 Å². The van der Waals surface area contributed by atoms with E-state index in [-0.39, 0.29) is 12.0 Å². The van der Waals surface area contributed by atoms with Crippen LogP contribution >= 0.6 is 0 Å². The van der Waals surface area contributed by atoms with Crippen molar-refractivity contribution in [1.29, 1.82) is 0 Å². The van der Waals surface area contributed by atoms with Crippen LogP contribution in [0.3, 0.4) is 0 Å². The van der Waals surface area contributed by atoms with Gasteiger partial charge in [-0.2, -0.15) is 0 Å². The van der Waals surface area contributed by atoms with E-state index in [1.807, 2.05) is 19.9 Å². The van der Waals surface area contributed by atoms with E-state index >= 15 is 0 Å². The number of methoxy groups -OCH3 is 1. The first kappa shape index (κ1) is 20.9. The van der Waals surface area contributed by atoms with Crippen LogP contribution in [0.1, 0.15) is 30.5 Å². The van der Waals surface area contributed by atoms with Gasteiger partial charge >= 0.3 is 11.9 Å². The third kappa shape index (κ3) is 3.45. The molecule has 0 bridgehead atoms. The third-order valence-corrected chi connectivity index (χ3v) is 5.85. The second kappa shape index (κ2) is 7.42. The Morgan fingerprint density at radius 2 is 1.87 bits per heavy atom. The molecule has 0 saturated heterocycles. The SMILES string of the molecule is COC(=O)[C@]1(Cc2ccc3c(c2)CC(O)C(C)(C)O3)OC(=O)C(O)=C1c1ccccc1. The monoisotopic (exact) mass is 424 g/mol. The Kier molecular flexibility index (Phi) is 5.01. The van der Waals surface area contributed by atoms with E-state index in [1.54, 1.807) is 42.5 Å². The summed E-state index contributed by atoms with van der Waals surface area (Å²) >= 11 is 0. The molecular formula is C24H24O7. The highest BCUT2D eigenvalue weighted by Crippen LogP contribution is 2.43. The topological polar surface area (TPSA) is 102 Å². The van der Waals surface area contributed by atoms with Crippen LogP contribution in [0.4, 0.5) is 0 Å². The Morgan fingerprint density at radius 1 is 1.16 bits per heavy atom. The predicted octanol–water partition coefficient (Wildman–Crippen LogP) is 2.74. The molecule has 0 aliphatic carbocycles. The fraction of sp³-hybridized carbons (Fsp3) is 0.333. The lowest BCUT2D eigenvalue weighted by molar-refractivity contribution is -0.169. The largest absolute Gasteiger partial charge is 0.502 e. The van der Waals surface area contributed by atoms with Crippen LogP contribution < -0.4 is 4.74 Å². The summed E-state index contributed by atoms with van der Waals surface area (Å²) < 4.78 is 16.4. The Balaban J connectivity index is 1.78. The molecule has 2 aromatic rings. The molecule has 2 atom stereocenters. The summed E-state index contributed by atoms with van der Waals surface area (Å²) in [6, 6.07) is 14.0. The van der Waals surface area contributed by atoms with Crippen molar-refractivity contribution >= 4 is 17.5 Å². The van der Waals surface area contributed by atoms with Gasteiger partial charge in [0.2, 0.25) is 11.4 Å². The van der Waals surface area contributed by atoms with E-state index in [4.69, 9.17) is 14.2 Å². The normalized spacial score (nSPS) is 24.3. The highest BCUT2D eigenvalue weighted by atomic mass is 16.6. The molecule has 0 amide bonds. The lowest BCUT2D eigenvalue weighted by Crippen LogP contribution is -2.46. The molecule has 0 fully saturated rings. The lowest BCUT2D eigenvalue weighted by Gasteiger charge is -2.37. The second-order valence-electron chi connectivity index (χ2n) is 8.34. The van der Waals surface area contributed by atoms with Crippen molar-refractivity contribution < 1.29 is 34.0 Å². The third-order valence-electron chi connectivity index (χ3n) is 5.85. The molecule has 2 heterocycles. The van der Waals surface area contributed by atoms with Gasteiger partial charge in [0, 0.05) is 12.8 Å². The van der Waals surface area contributed by atoms with Gasteiger partial charge in [-0.15, -0.1) is 0 Å². The zero-order valence-corrected chi connectivity index (χ0v) is 17.5. The fourth-order valence-electron chi connectivity index (χ4n) is 4.13. The van der Waals surface area contributed by atoms with Gasteiger partial charge in [0.25, 0.3) is 0 Å². The van der Waals surface area contributed by atoms with Crippen LogP contribution in [-0.4, -0.2) is 46.6 Å². The molecule has 7 heteroatoms. The van der Waals surface area contributed by atoms with E-state index < -0.39 is 35.0 Å². The maximum Gasteiger partial charge on any atom is 0.375 e. The van der Waals surface area contributed by atoms with Crippen molar-refractivity contribution in [3.63, 3.8) is 0 Å². The molecule has 7 nitrogen and oxygen atoms in total. The first-order valence-electron chi connectivity index (χ1n) is 9.98. The molecule has 2 aromatic carbocycles. The number of benzene rings is 2. The van der Waals surface area contributed by atoms with E-state index in [0.717, 1.165) is 5.56 Å². The van der Waals surface area contributed by atoms with Gasteiger partial charge < -0.3 is 24.4 Å². The quantitative estimate of drug-likeness (QED) is 0.728. The summed E-state index contributed by atoms with van der Waals surface area (Å²) in [6.45, 7) is 3.64. The maximum atomic E-state index is 12.9. The summed E-state index contributed by atoms with van der Waals surface area (Å²) in [5.74, 6) is -1.74. The number of cyclic esters (lactones) is 1. The molecular weight excluding hydrogens is 400 g/mol. The van der Waals surface area contributed by atoms with Gasteiger partial charge in [-0.3, -0.25) is 0 Å². The minimum absolute atomic E-state index is 0.0491. The molecule has 0 aromatic heterocycles. The maximum absolute atomic E-state index is 12.9. The van der Waals surface area contributed by atoms with Gasteiger partial charge in [-0.25, -0.2) is 9.59 Å². The van der Waals surface area contributed by atoms with Crippen molar-refractivity contribution in [2.24, 2.45) is 0 Å². The van der Waals surface area contributed by atoms with Crippen LogP contribution in [0, 0.1) is 0 Å². The Bertz CT molecular complexity index is 1070. The highest BCUT2D eigenvalue weighted by molar-refractivity contribution is 6.11. The first-order valence-corrected chi connectivity index (χ1v) is 9.98. The smallest absolute Gasteiger partial charge is 0.375 e. The fourth-order valence-corrected chi connectivity index (χ4v) is 4.13. The standard InChI is InChI=1S/C24H24O7/c1-23(2)18(25)12-16-11-14(9-10-17(16)30-23)13-24(22(28)29-3)19(20(26)21(27)31-24)15-7-5-4-6-8-15/h4-11,18,25-26H,12-13H2,1-3H3/t18?,24-/m1/s1. The molecule has 0 spiro atoms. The average molecular weight is 424 g/mol. The summed E-state index contributed by atoms with van der Waals surface area (Å²) in [4.78, 5) is 25.3. The number of esters is 2. The number of rotatable bonds is 4. The number of ether oxygens (including phenoxy) is 3. The molecule has 2 aliphatic rings. The Hall–Kier alpha value is -3.32. The number of hydrogen-bond acceptors (Lipinski definition) is 7. The number of hydrogen-bond donors (Lipinski definition) is 2. The number of fused-ring (bicyclic) bond motifs is 1. The predicted molar refractivity (Wildman–Crippen MR) is 111 cm³/mol. The minimum atomic E-state index is -1.83. The van der Waals surface area contributed by atoms with E-state index in [0.29, 0.717) is 23.3 Å². The zero-order chi connectivity index (χ0) is 22.4. The van der Waals surface area contributed by atoms with Gasteiger partial charge in [0.15, 0.2) is 0 Å². The van der Waals surface area contributed by atoms with Crippen LogP contribution in [0.25, 0.3) is 5.57 Å². The summed E-state index contributed by atoms with van der Waals surface area (Å²) in [5, 5.41) is 20.9. The number of carbonyl (C=O) groups excluding carboxylic acids is 2. The van der Waals surface area contributed by atoms with Gasteiger partial charge in [-0.1, -0.05) is 42.5 Å². The number of aliphatic hydroxyl groups excluding tert-OH is 2. The van der Waals surface area contributed by atoms with Crippen LogP contribution in [0.15, 0.2) is 54.3 Å². The van der Waals surface area contributed by atoms with Crippen molar-refractivity contribution in [3.8, 4) is 5.75 Å². The summed E-state index contributed by atoms with van der Waals surface area (Å²) in [7, 11) is 1.20. The molecule has 2 N–H and O–H groups in total. The van der Waals surface area contributed by atoms with E-state index in [9.17, 15) is 19.8 Å². The molecule has 162 valence electrons. The summed E-state index contributed by atoms with van der Waals surface area (Å²) in [5.41, 5.74) is -0.551. The zero-order valence-electron chi connectivity index (χ0n) is 17.5. The average Bonchev–Trinajstić information content (AvgIpc) is 2.99.